The maximum Gasteiger partial charge on any atom is 0.341 e. The Morgan fingerprint density at radius 1 is 1.06 bits per heavy atom. The van der Waals surface area contributed by atoms with Crippen LogP contribution in [0, 0.1) is 23.6 Å². The number of esters is 2. The third-order valence-corrected chi connectivity index (χ3v) is 7.00. The highest BCUT2D eigenvalue weighted by molar-refractivity contribution is 5.90. The molecule has 1 aromatic carbocycles. The van der Waals surface area contributed by atoms with Gasteiger partial charge >= 0.3 is 11.9 Å². The predicted octanol–water partition coefficient (Wildman–Crippen LogP) is 6.21. The van der Waals surface area contributed by atoms with Crippen LogP contribution in [0.2, 0.25) is 0 Å². The second kappa shape index (κ2) is 12.0. The van der Waals surface area contributed by atoms with Crippen molar-refractivity contribution >= 4 is 11.9 Å². The summed E-state index contributed by atoms with van der Waals surface area (Å²) in [7, 11) is 0. The van der Waals surface area contributed by atoms with Crippen molar-refractivity contribution in [1.82, 2.24) is 0 Å². The lowest BCUT2D eigenvalue weighted by atomic mass is 9.70. The zero-order valence-corrected chi connectivity index (χ0v) is 19.0. The number of halogens is 1. The Morgan fingerprint density at radius 2 is 1.72 bits per heavy atom. The lowest BCUT2D eigenvalue weighted by Gasteiger charge is -2.37. The maximum absolute atomic E-state index is 14.4. The summed E-state index contributed by atoms with van der Waals surface area (Å²) in [6.07, 6.45) is 12.8. The normalized spacial score (nSPS) is 25.6. The van der Waals surface area contributed by atoms with Crippen LogP contribution in [0.25, 0.3) is 0 Å². The Hall–Kier alpha value is -2.37. The van der Waals surface area contributed by atoms with E-state index in [2.05, 4.69) is 18.2 Å². The van der Waals surface area contributed by atoms with E-state index in [4.69, 9.17) is 9.47 Å². The average molecular weight is 447 g/mol. The fourth-order valence-electron chi connectivity index (χ4n) is 5.21. The van der Waals surface area contributed by atoms with Crippen LogP contribution >= 0.6 is 0 Å². The smallest absolute Gasteiger partial charge is 0.341 e. The van der Waals surface area contributed by atoms with Crippen molar-refractivity contribution in [3.63, 3.8) is 0 Å². The van der Waals surface area contributed by atoms with Crippen molar-refractivity contribution in [1.29, 1.82) is 0 Å². The number of carbonyl (C=O) groups is 2. The van der Waals surface area contributed by atoms with Gasteiger partial charge in [-0.25, -0.2) is 14.0 Å². The van der Waals surface area contributed by atoms with Crippen LogP contribution in [0.4, 0.5) is 4.39 Å². The molecule has 2 aliphatic carbocycles. The van der Waals surface area contributed by atoms with Gasteiger partial charge in [0.15, 0.2) is 0 Å². The molecule has 0 saturated heterocycles. The molecule has 0 unspecified atom stereocenters. The van der Waals surface area contributed by atoms with Crippen molar-refractivity contribution in [2.24, 2.45) is 17.8 Å². The van der Waals surface area contributed by atoms with Gasteiger partial charge in [0.25, 0.3) is 0 Å². The van der Waals surface area contributed by atoms with Gasteiger partial charge in [0.05, 0.1) is 5.56 Å². The third kappa shape index (κ3) is 6.81. The molecule has 0 amide bonds. The fraction of sp³-hybridized carbons (Fsp3) is 0.615. The first-order valence-electron chi connectivity index (χ1n) is 11.9. The summed E-state index contributed by atoms with van der Waals surface area (Å²) in [5, 5.41) is 0. The Morgan fingerprint density at radius 3 is 2.31 bits per heavy atom. The molecule has 0 N–H and O–H groups in total. The zero-order valence-electron chi connectivity index (χ0n) is 19.0. The molecule has 0 spiro atoms. The highest BCUT2D eigenvalue weighted by Gasteiger charge is 2.32. The van der Waals surface area contributed by atoms with E-state index in [0.29, 0.717) is 0 Å². The highest BCUT2D eigenvalue weighted by atomic mass is 19.1. The van der Waals surface area contributed by atoms with Crippen LogP contribution < -0.4 is 4.74 Å². The minimum absolute atomic E-state index is 0.114. The first-order chi connectivity index (χ1) is 15.5. The SMILES string of the molecule is C=CC(=O)OCOc1ccc(C(=O)OC2CCC(C3CCC(CCC)CC3)CC2)c(F)c1. The van der Waals surface area contributed by atoms with Crippen molar-refractivity contribution in [3.8, 4) is 5.75 Å². The van der Waals surface area contributed by atoms with Gasteiger partial charge in [-0.1, -0.05) is 39.2 Å². The lowest BCUT2D eigenvalue weighted by Crippen LogP contribution is -2.30. The molecule has 6 heteroatoms. The van der Waals surface area contributed by atoms with Gasteiger partial charge in [0.1, 0.15) is 17.7 Å². The average Bonchev–Trinajstić information content (AvgIpc) is 2.80. The van der Waals surface area contributed by atoms with E-state index >= 15 is 0 Å². The predicted molar refractivity (Wildman–Crippen MR) is 120 cm³/mol. The fourth-order valence-corrected chi connectivity index (χ4v) is 5.21. The van der Waals surface area contributed by atoms with Gasteiger partial charge in [-0.15, -0.1) is 0 Å². The van der Waals surface area contributed by atoms with Gasteiger partial charge in [-0.2, -0.15) is 0 Å². The van der Waals surface area contributed by atoms with Crippen LogP contribution in [0.3, 0.4) is 0 Å². The molecule has 0 bridgehead atoms. The van der Waals surface area contributed by atoms with E-state index in [0.717, 1.165) is 55.6 Å². The molecule has 0 heterocycles. The first kappa shape index (κ1) is 24.3. The van der Waals surface area contributed by atoms with Gasteiger partial charge in [0.2, 0.25) is 6.79 Å². The monoisotopic (exact) mass is 446 g/mol. The summed E-state index contributed by atoms with van der Waals surface area (Å²) in [6.45, 7) is 5.18. The Kier molecular flexibility index (Phi) is 9.12. The molecular weight excluding hydrogens is 411 g/mol. The summed E-state index contributed by atoms with van der Waals surface area (Å²) < 4.78 is 29.8. The summed E-state index contributed by atoms with van der Waals surface area (Å²) in [6, 6.07) is 3.88. The quantitative estimate of drug-likeness (QED) is 0.256. The maximum atomic E-state index is 14.4. The molecule has 0 aromatic heterocycles. The standard InChI is InChI=1S/C26H35FO5/c1-3-5-18-6-8-19(9-7-18)20-10-12-21(13-11-20)32-26(29)23-15-14-22(16-24(23)27)30-17-31-25(28)4-2/h4,14-16,18-21H,2-3,5-13,17H2,1H3. The minimum atomic E-state index is -0.722. The molecule has 1 aromatic rings. The van der Waals surface area contributed by atoms with Gasteiger partial charge in [-0.3, -0.25) is 0 Å². The molecule has 5 nitrogen and oxygen atoms in total. The second-order valence-corrected chi connectivity index (χ2v) is 9.08. The van der Waals surface area contributed by atoms with Crippen LogP contribution in [0.5, 0.6) is 5.75 Å². The highest BCUT2D eigenvalue weighted by Crippen LogP contribution is 2.41. The third-order valence-electron chi connectivity index (χ3n) is 7.00. The first-order valence-corrected chi connectivity index (χ1v) is 11.9. The number of hydrogen-bond acceptors (Lipinski definition) is 5. The van der Waals surface area contributed by atoms with Crippen LogP contribution in [-0.2, 0) is 14.3 Å². The number of carbonyl (C=O) groups excluding carboxylic acids is 2. The van der Waals surface area contributed by atoms with E-state index < -0.39 is 17.8 Å². The number of benzene rings is 1. The Bertz CT molecular complexity index is 776. The van der Waals surface area contributed by atoms with Gasteiger partial charge in [0, 0.05) is 12.1 Å². The summed E-state index contributed by atoms with van der Waals surface area (Å²) in [5.41, 5.74) is -0.114. The van der Waals surface area contributed by atoms with E-state index in [9.17, 15) is 14.0 Å². The number of hydrogen-bond donors (Lipinski definition) is 0. The van der Waals surface area contributed by atoms with Crippen LogP contribution in [0.1, 0.15) is 81.5 Å². The van der Waals surface area contributed by atoms with Gasteiger partial charge in [-0.05, 0) is 68.4 Å². The second-order valence-electron chi connectivity index (χ2n) is 9.08. The number of ether oxygens (including phenoxy) is 3. The van der Waals surface area contributed by atoms with E-state index in [1.54, 1.807) is 0 Å². The molecular formula is C26H35FO5. The molecule has 2 fully saturated rings. The largest absolute Gasteiger partial charge is 0.459 e. The van der Waals surface area contributed by atoms with E-state index in [1.165, 1.54) is 50.7 Å². The molecule has 2 aliphatic rings. The Balaban J connectivity index is 1.42. The molecule has 176 valence electrons. The van der Waals surface area contributed by atoms with Gasteiger partial charge < -0.3 is 14.2 Å². The van der Waals surface area contributed by atoms with Crippen molar-refractivity contribution in [2.45, 2.75) is 77.2 Å². The molecule has 3 rings (SSSR count). The number of rotatable bonds is 9. The lowest BCUT2D eigenvalue weighted by molar-refractivity contribution is -0.144. The summed E-state index contributed by atoms with van der Waals surface area (Å²) in [4.78, 5) is 23.5. The van der Waals surface area contributed by atoms with Crippen LogP contribution in [-0.4, -0.2) is 24.8 Å². The molecule has 0 radical (unpaired) electrons. The minimum Gasteiger partial charge on any atom is -0.459 e. The van der Waals surface area contributed by atoms with E-state index in [-0.39, 0.29) is 24.2 Å². The van der Waals surface area contributed by atoms with E-state index in [1.807, 2.05) is 0 Å². The molecule has 0 atom stereocenters. The van der Waals surface area contributed by atoms with Crippen molar-refractivity contribution in [3.05, 3.63) is 42.2 Å². The molecule has 32 heavy (non-hydrogen) atoms. The molecule has 0 aliphatic heterocycles. The topological polar surface area (TPSA) is 61.8 Å². The molecule has 2 saturated carbocycles. The van der Waals surface area contributed by atoms with Crippen molar-refractivity contribution in [2.75, 3.05) is 6.79 Å². The van der Waals surface area contributed by atoms with Crippen LogP contribution in [0.15, 0.2) is 30.9 Å². The summed E-state index contributed by atoms with van der Waals surface area (Å²) in [5.74, 6) is 0.624. The Labute approximate surface area is 190 Å². The van der Waals surface area contributed by atoms with Crippen molar-refractivity contribution < 1.29 is 28.2 Å². The summed E-state index contributed by atoms with van der Waals surface area (Å²) >= 11 is 0. The zero-order chi connectivity index (χ0) is 22.9.